The van der Waals surface area contributed by atoms with Crippen LogP contribution in [0.1, 0.15) is 11.4 Å². The normalized spacial score (nSPS) is 10.8. The van der Waals surface area contributed by atoms with Gasteiger partial charge in [-0.1, -0.05) is 26.4 Å². The van der Waals surface area contributed by atoms with Crippen molar-refractivity contribution >= 4 is 15.9 Å². The highest BCUT2D eigenvalue weighted by atomic mass is 79.9. The molecular formula is C8H11BrN6. The van der Waals surface area contributed by atoms with E-state index in [1.807, 2.05) is 19.4 Å². The summed E-state index contributed by atoms with van der Waals surface area (Å²) in [7, 11) is 1.84. The molecule has 2 rings (SSSR count). The second-order valence-electron chi connectivity index (χ2n) is 3.23. The molecule has 0 saturated carbocycles. The van der Waals surface area contributed by atoms with Crippen molar-refractivity contribution < 1.29 is 0 Å². The van der Waals surface area contributed by atoms with Crippen molar-refractivity contribution in [2.45, 2.75) is 13.0 Å². The Kier molecular flexibility index (Phi) is 3.10. The molecule has 0 saturated heterocycles. The predicted molar refractivity (Wildman–Crippen MR) is 57.6 cm³/mol. The second-order valence-corrected chi connectivity index (χ2v) is 4.02. The summed E-state index contributed by atoms with van der Waals surface area (Å²) >= 11 is 3.36. The van der Waals surface area contributed by atoms with E-state index in [-0.39, 0.29) is 0 Å². The van der Waals surface area contributed by atoms with Crippen LogP contribution >= 0.6 is 15.9 Å². The van der Waals surface area contributed by atoms with Gasteiger partial charge in [0.05, 0.1) is 12.2 Å². The summed E-state index contributed by atoms with van der Waals surface area (Å²) in [5, 5.41) is 16.8. The van der Waals surface area contributed by atoms with Crippen LogP contribution in [0.3, 0.4) is 0 Å². The molecule has 2 aromatic rings. The van der Waals surface area contributed by atoms with Crippen LogP contribution < -0.4 is 0 Å². The molecule has 0 amide bonds. The molecule has 0 fully saturated rings. The monoisotopic (exact) mass is 270 g/mol. The summed E-state index contributed by atoms with van der Waals surface area (Å²) in [5.74, 6) is 0. The number of aryl methyl sites for hydroxylation is 2. The lowest BCUT2D eigenvalue weighted by Crippen LogP contribution is -2.00. The molecule has 0 aliphatic heterocycles. The van der Waals surface area contributed by atoms with Crippen molar-refractivity contribution in [1.82, 2.24) is 30.0 Å². The second kappa shape index (κ2) is 4.52. The van der Waals surface area contributed by atoms with E-state index in [4.69, 9.17) is 0 Å². The minimum absolute atomic E-state index is 0.614. The molecule has 2 aromatic heterocycles. The number of hydrogen-bond donors (Lipinski definition) is 0. The summed E-state index contributed by atoms with van der Waals surface area (Å²) in [6.45, 7) is 0.614. The van der Waals surface area contributed by atoms with Gasteiger partial charge in [0.25, 0.3) is 0 Å². The third-order valence-corrected chi connectivity index (χ3v) is 2.31. The van der Waals surface area contributed by atoms with Gasteiger partial charge in [-0.05, 0) is 0 Å². The molecule has 0 aliphatic rings. The van der Waals surface area contributed by atoms with Gasteiger partial charge in [-0.2, -0.15) is 0 Å². The number of hydrogen-bond acceptors (Lipinski definition) is 4. The van der Waals surface area contributed by atoms with Gasteiger partial charge in [-0.15, -0.1) is 10.2 Å². The van der Waals surface area contributed by atoms with Crippen LogP contribution in [-0.4, -0.2) is 35.3 Å². The van der Waals surface area contributed by atoms with Crippen LogP contribution in [0, 0.1) is 0 Å². The first-order chi connectivity index (χ1) is 7.28. The number of halogens is 1. The van der Waals surface area contributed by atoms with Gasteiger partial charge < -0.3 is 0 Å². The minimum Gasteiger partial charge on any atom is -0.255 e. The van der Waals surface area contributed by atoms with E-state index in [1.54, 1.807) is 9.36 Å². The number of alkyl halides is 1. The van der Waals surface area contributed by atoms with Gasteiger partial charge in [0, 0.05) is 31.2 Å². The van der Waals surface area contributed by atoms with Crippen molar-refractivity contribution in [3.05, 3.63) is 23.8 Å². The molecule has 7 heteroatoms. The predicted octanol–water partition coefficient (Wildman–Crippen LogP) is 0.392. The molecule has 15 heavy (non-hydrogen) atoms. The standard InChI is InChI=1S/C8H11BrN6/c1-14-4-8(11-12-14)6-15-5-7(2-3-9)10-13-15/h4-5H,2-3,6H2,1H3. The van der Waals surface area contributed by atoms with Crippen molar-refractivity contribution in [2.75, 3.05) is 5.33 Å². The van der Waals surface area contributed by atoms with E-state index in [0.29, 0.717) is 6.54 Å². The van der Waals surface area contributed by atoms with Crippen LogP contribution in [0.5, 0.6) is 0 Å². The Hall–Kier alpha value is -1.24. The molecule has 0 atom stereocenters. The summed E-state index contributed by atoms with van der Waals surface area (Å²) in [4.78, 5) is 0. The molecule has 0 bridgehead atoms. The SMILES string of the molecule is Cn1cc(Cn2cc(CCBr)nn2)nn1. The average molecular weight is 271 g/mol. The largest absolute Gasteiger partial charge is 0.255 e. The Labute approximate surface area is 95.4 Å². The fraction of sp³-hybridized carbons (Fsp3) is 0.500. The fourth-order valence-electron chi connectivity index (χ4n) is 1.26. The molecule has 0 radical (unpaired) electrons. The Morgan fingerprint density at radius 3 is 2.67 bits per heavy atom. The first-order valence-electron chi connectivity index (χ1n) is 4.58. The summed E-state index contributed by atoms with van der Waals surface area (Å²) in [6.07, 6.45) is 4.68. The van der Waals surface area contributed by atoms with Crippen LogP contribution in [0.15, 0.2) is 12.4 Å². The summed E-state index contributed by atoms with van der Waals surface area (Å²) < 4.78 is 3.44. The Morgan fingerprint density at radius 1 is 1.20 bits per heavy atom. The van der Waals surface area contributed by atoms with Gasteiger partial charge in [0.15, 0.2) is 0 Å². The van der Waals surface area contributed by atoms with Crippen LogP contribution in [-0.2, 0) is 20.0 Å². The summed E-state index contributed by atoms with van der Waals surface area (Å²) in [5.41, 5.74) is 1.86. The fourth-order valence-corrected chi connectivity index (χ4v) is 1.67. The molecule has 0 aliphatic carbocycles. The van der Waals surface area contributed by atoms with Crippen LogP contribution in [0.2, 0.25) is 0 Å². The number of aromatic nitrogens is 6. The van der Waals surface area contributed by atoms with E-state index in [9.17, 15) is 0 Å². The molecule has 0 unspecified atom stereocenters. The van der Waals surface area contributed by atoms with Gasteiger partial charge >= 0.3 is 0 Å². The van der Waals surface area contributed by atoms with Crippen molar-refractivity contribution in [3.63, 3.8) is 0 Å². The molecular weight excluding hydrogens is 260 g/mol. The van der Waals surface area contributed by atoms with E-state index in [2.05, 4.69) is 36.6 Å². The molecule has 0 aromatic carbocycles. The molecule has 0 spiro atoms. The first-order valence-corrected chi connectivity index (χ1v) is 5.70. The van der Waals surface area contributed by atoms with E-state index in [0.717, 1.165) is 23.1 Å². The lowest BCUT2D eigenvalue weighted by atomic mass is 10.4. The van der Waals surface area contributed by atoms with Gasteiger partial charge in [0.1, 0.15) is 5.69 Å². The molecule has 2 heterocycles. The van der Waals surface area contributed by atoms with E-state index < -0.39 is 0 Å². The quantitative estimate of drug-likeness (QED) is 0.755. The van der Waals surface area contributed by atoms with Gasteiger partial charge in [-0.3, -0.25) is 4.68 Å². The zero-order chi connectivity index (χ0) is 10.7. The zero-order valence-corrected chi connectivity index (χ0v) is 9.92. The summed E-state index contributed by atoms with van der Waals surface area (Å²) in [6, 6.07) is 0. The Morgan fingerprint density at radius 2 is 2.00 bits per heavy atom. The third kappa shape index (κ3) is 2.62. The maximum Gasteiger partial charge on any atom is 0.104 e. The third-order valence-electron chi connectivity index (χ3n) is 1.91. The van der Waals surface area contributed by atoms with Gasteiger partial charge in [0.2, 0.25) is 0 Å². The lowest BCUT2D eigenvalue weighted by Gasteiger charge is -1.93. The average Bonchev–Trinajstić information content (AvgIpc) is 2.78. The maximum atomic E-state index is 4.04. The maximum absolute atomic E-state index is 4.04. The molecule has 0 N–H and O–H groups in total. The first kappa shape index (κ1) is 10.3. The number of nitrogens with zero attached hydrogens (tertiary/aromatic N) is 6. The Bertz CT molecular complexity index is 434. The van der Waals surface area contributed by atoms with Crippen molar-refractivity contribution in [1.29, 1.82) is 0 Å². The highest BCUT2D eigenvalue weighted by molar-refractivity contribution is 9.09. The zero-order valence-electron chi connectivity index (χ0n) is 8.34. The van der Waals surface area contributed by atoms with Crippen LogP contribution in [0.25, 0.3) is 0 Å². The van der Waals surface area contributed by atoms with E-state index in [1.165, 1.54) is 0 Å². The highest BCUT2D eigenvalue weighted by Gasteiger charge is 2.03. The Balaban J connectivity index is 2.04. The molecule has 80 valence electrons. The van der Waals surface area contributed by atoms with Crippen LogP contribution in [0.4, 0.5) is 0 Å². The molecule has 6 nitrogen and oxygen atoms in total. The van der Waals surface area contributed by atoms with Gasteiger partial charge in [-0.25, -0.2) is 4.68 Å². The lowest BCUT2D eigenvalue weighted by molar-refractivity contribution is 0.636. The van der Waals surface area contributed by atoms with Crippen molar-refractivity contribution in [3.8, 4) is 0 Å². The smallest absolute Gasteiger partial charge is 0.104 e. The highest BCUT2D eigenvalue weighted by Crippen LogP contribution is 2.00. The van der Waals surface area contributed by atoms with E-state index >= 15 is 0 Å². The topological polar surface area (TPSA) is 61.4 Å². The minimum atomic E-state index is 0.614. The van der Waals surface area contributed by atoms with Crippen molar-refractivity contribution in [2.24, 2.45) is 7.05 Å². The number of rotatable bonds is 4.